The number of hydrogen-bond donors (Lipinski definition) is 0. The molecule has 4 heteroatoms. The molecule has 0 saturated carbocycles. The molecule has 0 spiro atoms. The number of carbonyl (C=O) groups is 1. The normalized spacial score (nSPS) is 16.4. The number of carbonyl (C=O) groups excluding carboxylic acids is 1. The molecule has 106 valence electrons. The van der Waals surface area contributed by atoms with Crippen LogP contribution in [0.2, 0.25) is 0 Å². The standard InChI is InChI=1S/C15H23NO2S/c1-10(2)12-9-13(19-14(12)11(3)4)15(17)16-5-7-18-8-6-16/h9-11H,5-8H2,1-4H3. The van der Waals surface area contributed by atoms with Gasteiger partial charge >= 0.3 is 0 Å². The Kier molecular flexibility index (Phi) is 4.63. The molecule has 1 amide bonds. The smallest absolute Gasteiger partial charge is 0.264 e. The monoisotopic (exact) mass is 281 g/mol. The fraction of sp³-hybridized carbons (Fsp3) is 0.667. The second-order valence-corrected chi connectivity index (χ2v) is 6.73. The lowest BCUT2D eigenvalue weighted by atomic mass is 9.99. The quantitative estimate of drug-likeness (QED) is 0.849. The molecule has 0 N–H and O–H groups in total. The van der Waals surface area contributed by atoms with E-state index in [4.69, 9.17) is 4.74 Å². The van der Waals surface area contributed by atoms with Gasteiger partial charge in [-0.1, -0.05) is 27.7 Å². The minimum atomic E-state index is 0.169. The largest absolute Gasteiger partial charge is 0.378 e. The van der Waals surface area contributed by atoms with Crippen LogP contribution in [-0.4, -0.2) is 37.1 Å². The zero-order valence-corrected chi connectivity index (χ0v) is 13.0. The first-order valence-corrected chi connectivity index (χ1v) is 7.83. The van der Waals surface area contributed by atoms with Gasteiger partial charge in [-0.05, 0) is 23.5 Å². The van der Waals surface area contributed by atoms with Crippen LogP contribution in [0.5, 0.6) is 0 Å². The molecule has 3 nitrogen and oxygen atoms in total. The molecule has 0 atom stereocenters. The molecule has 1 saturated heterocycles. The number of rotatable bonds is 3. The Morgan fingerprint density at radius 1 is 1.21 bits per heavy atom. The summed E-state index contributed by atoms with van der Waals surface area (Å²) in [6.45, 7) is 11.5. The third-order valence-corrected chi connectivity index (χ3v) is 4.89. The summed E-state index contributed by atoms with van der Waals surface area (Å²) in [6.07, 6.45) is 0. The maximum absolute atomic E-state index is 12.5. The van der Waals surface area contributed by atoms with E-state index in [1.165, 1.54) is 10.4 Å². The van der Waals surface area contributed by atoms with Gasteiger partial charge in [-0.15, -0.1) is 11.3 Å². The van der Waals surface area contributed by atoms with Gasteiger partial charge in [-0.25, -0.2) is 0 Å². The number of amides is 1. The molecule has 2 heterocycles. The van der Waals surface area contributed by atoms with Crippen LogP contribution in [0.1, 0.15) is 59.6 Å². The van der Waals surface area contributed by atoms with Crippen LogP contribution in [-0.2, 0) is 4.74 Å². The molecule has 0 aromatic carbocycles. The van der Waals surface area contributed by atoms with Crippen molar-refractivity contribution in [1.29, 1.82) is 0 Å². The molecule has 1 aliphatic heterocycles. The number of thiophene rings is 1. The molecule has 1 aromatic rings. The van der Waals surface area contributed by atoms with Crippen molar-refractivity contribution in [2.24, 2.45) is 0 Å². The number of nitrogens with zero attached hydrogens (tertiary/aromatic N) is 1. The van der Waals surface area contributed by atoms with Crippen molar-refractivity contribution >= 4 is 17.2 Å². The van der Waals surface area contributed by atoms with E-state index in [1.807, 2.05) is 4.90 Å². The highest BCUT2D eigenvalue weighted by molar-refractivity contribution is 7.14. The number of ether oxygens (including phenoxy) is 1. The topological polar surface area (TPSA) is 29.5 Å². The van der Waals surface area contributed by atoms with Gasteiger partial charge in [0.25, 0.3) is 5.91 Å². The summed E-state index contributed by atoms with van der Waals surface area (Å²) in [4.78, 5) is 16.6. The predicted octanol–water partition coefficient (Wildman–Crippen LogP) is 3.47. The molecule has 1 aliphatic rings. The van der Waals surface area contributed by atoms with Crippen LogP contribution in [0, 0.1) is 0 Å². The van der Waals surface area contributed by atoms with Crippen molar-refractivity contribution in [3.63, 3.8) is 0 Å². The van der Waals surface area contributed by atoms with Crippen molar-refractivity contribution in [3.8, 4) is 0 Å². The fourth-order valence-corrected chi connectivity index (χ4v) is 3.64. The molecular formula is C15H23NO2S. The molecule has 1 aromatic heterocycles. The summed E-state index contributed by atoms with van der Waals surface area (Å²) in [5, 5.41) is 0. The number of morpholine rings is 1. The van der Waals surface area contributed by atoms with Crippen LogP contribution in [0.3, 0.4) is 0 Å². The third-order valence-electron chi connectivity index (χ3n) is 3.45. The SMILES string of the molecule is CC(C)c1cc(C(=O)N2CCOCC2)sc1C(C)C. The second-order valence-electron chi connectivity index (χ2n) is 5.64. The maximum Gasteiger partial charge on any atom is 0.264 e. The lowest BCUT2D eigenvalue weighted by Gasteiger charge is -2.26. The summed E-state index contributed by atoms with van der Waals surface area (Å²) < 4.78 is 5.30. The molecule has 2 rings (SSSR count). The van der Waals surface area contributed by atoms with E-state index in [-0.39, 0.29) is 5.91 Å². The lowest BCUT2D eigenvalue weighted by Crippen LogP contribution is -2.40. The van der Waals surface area contributed by atoms with Gasteiger partial charge < -0.3 is 9.64 Å². The highest BCUT2D eigenvalue weighted by Crippen LogP contribution is 2.34. The third kappa shape index (κ3) is 3.18. The van der Waals surface area contributed by atoms with Crippen LogP contribution in [0.4, 0.5) is 0 Å². The van der Waals surface area contributed by atoms with Gasteiger partial charge in [0.05, 0.1) is 18.1 Å². The summed E-state index contributed by atoms with van der Waals surface area (Å²) >= 11 is 1.67. The molecule has 1 fully saturated rings. The molecule has 0 unspecified atom stereocenters. The minimum Gasteiger partial charge on any atom is -0.378 e. The van der Waals surface area contributed by atoms with Gasteiger partial charge in [0, 0.05) is 18.0 Å². The summed E-state index contributed by atoms with van der Waals surface area (Å²) in [5.74, 6) is 1.12. The van der Waals surface area contributed by atoms with Gasteiger partial charge in [-0.3, -0.25) is 4.79 Å². The lowest BCUT2D eigenvalue weighted by molar-refractivity contribution is 0.0306. The van der Waals surface area contributed by atoms with E-state index in [0.717, 1.165) is 4.88 Å². The first-order chi connectivity index (χ1) is 9.00. The van der Waals surface area contributed by atoms with Crippen LogP contribution in [0.15, 0.2) is 6.07 Å². The Labute approximate surface area is 119 Å². The summed E-state index contributed by atoms with van der Waals surface area (Å²) in [6, 6.07) is 2.10. The molecule has 19 heavy (non-hydrogen) atoms. The zero-order valence-electron chi connectivity index (χ0n) is 12.2. The first kappa shape index (κ1) is 14.5. The first-order valence-electron chi connectivity index (χ1n) is 7.01. The Hall–Kier alpha value is -0.870. The second kappa shape index (κ2) is 6.06. The van der Waals surface area contributed by atoms with Crippen molar-refractivity contribution in [2.45, 2.75) is 39.5 Å². The van der Waals surface area contributed by atoms with E-state index in [2.05, 4.69) is 33.8 Å². The summed E-state index contributed by atoms with van der Waals surface area (Å²) in [5.41, 5.74) is 1.33. The van der Waals surface area contributed by atoms with E-state index < -0.39 is 0 Å². The maximum atomic E-state index is 12.5. The summed E-state index contributed by atoms with van der Waals surface area (Å²) in [7, 11) is 0. The molecular weight excluding hydrogens is 258 g/mol. The highest BCUT2D eigenvalue weighted by Gasteiger charge is 2.23. The highest BCUT2D eigenvalue weighted by atomic mass is 32.1. The van der Waals surface area contributed by atoms with Crippen LogP contribution < -0.4 is 0 Å². The Bertz CT molecular complexity index is 419. The number of hydrogen-bond acceptors (Lipinski definition) is 3. The fourth-order valence-electron chi connectivity index (χ4n) is 2.35. The van der Waals surface area contributed by atoms with Crippen molar-refractivity contribution in [3.05, 3.63) is 21.4 Å². The van der Waals surface area contributed by atoms with Crippen LogP contribution in [0.25, 0.3) is 0 Å². The van der Waals surface area contributed by atoms with Crippen molar-refractivity contribution in [2.75, 3.05) is 26.3 Å². The van der Waals surface area contributed by atoms with Gasteiger partial charge in [-0.2, -0.15) is 0 Å². The van der Waals surface area contributed by atoms with Crippen LogP contribution >= 0.6 is 11.3 Å². The van der Waals surface area contributed by atoms with Crippen molar-refractivity contribution in [1.82, 2.24) is 4.90 Å². The van der Waals surface area contributed by atoms with Gasteiger partial charge in [0.15, 0.2) is 0 Å². The van der Waals surface area contributed by atoms with E-state index >= 15 is 0 Å². The van der Waals surface area contributed by atoms with E-state index in [9.17, 15) is 4.79 Å². The average molecular weight is 281 g/mol. The van der Waals surface area contributed by atoms with E-state index in [0.29, 0.717) is 38.1 Å². The zero-order chi connectivity index (χ0) is 14.0. The molecule has 0 radical (unpaired) electrons. The average Bonchev–Trinajstić information content (AvgIpc) is 2.84. The Morgan fingerprint density at radius 3 is 2.32 bits per heavy atom. The van der Waals surface area contributed by atoms with Crippen molar-refractivity contribution < 1.29 is 9.53 Å². The minimum absolute atomic E-state index is 0.169. The predicted molar refractivity (Wildman–Crippen MR) is 79.2 cm³/mol. The Balaban J connectivity index is 2.24. The van der Waals surface area contributed by atoms with Gasteiger partial charge in [0.1, 0.15) is 0 Å². The van der Waals surface area contributed by atoms with E-state index in [1.54, 1.807) is 11.3 Å². The van der Waals surface area contributed by atoms with Gasteiger partial charge in [0.2, 0.25) is 0 Å². The molecule has 0 aliphatic carbocycles. The Morgan fingerprint density at radius 2 is 1.84 bits per heavy atom. The molecule has 0 bridgehead atoms.